The fraction of sp³-hybridized carbons (Fsp3) is 0. The van der Waals surface area contributed by atoms with Gasteiger partial charge in [0.25, 0.3) is 0 Å². The summed E-state index contributed by atoms with van der Waals surface area (Å²) in [5.74, 6) is -0.804. The minimum Gasteiger partial charge on any atom is -0.400 e. The maximum absolute atomic E-state index is 10.4. The van der Waals surface area contributed by atoms with Crippen LogP contribution in [0.15, 0.2) is 48.4 Å². The Balaban J connectivity index is 1.88. The van der Waals surface area contributed by atoms with E-state index in [2.05, 4.69) is 20.7 Å². The van der Waals surface area contributed by atoms with Crippen LogP contribution in [0.25, 0.3) is 0 Å². The van der Waals surface area contributed by atoms with Crippen molar-refractivity contribution in [3.63, 3.8) is 0 Å². The largest absolute Gasteiger partial charge is 0.433 e. The van der Waals surface area contributed by atoms with Crippen LogP contribution in [-0.2, 0) is 0 Å². The zero-order chi connectivity index (χ0) is 17.5. The van der Waals surface area contributed by atoms with Gasteiger partial charge in [0, 0.05) is 0 Å². The molecule has 0 unspecified atom stereocenters. The topological polar surface area (TPSA) is 188 Å². The van der Waals surface area contributed by atoms with E-state index in [-0.39, 0.29) is 17.5 Å². The number of furan rings is 2. The number of hydrogen-bond donors (Lipinski definition) is 2. The number of nitrogens with one attached hydrogen (secondary N) is 1. The number of rotatable bonds is 6. The summed E-state index contributed by atoms with van der Waals surface area (Å²) < 4.78 is 9.63. The molecular weight excluding hydrogens is 326 g/mol. The second-order valence-corrected chi connectivity index (χ2v) is 3.97. The van der Waals surface area contributed by atoms with Gasteiger partial charge in [0.1, 0.15) is 9.85 Å². The molecule has 0 atom stereocenters. The Kier molecular flexibility index (Phi) is 4.97. The van der Waals surface area contributed by atoms with Crippen LogP contribution in [0.1, 0.15) is 11.5 Å². The van der Waals surface area contributed by atoms with E-state index < -0.39 is 21.6 Å². The van der Waals surface area contributed by atoms with E-state index in [4.69, 9.17) is 14.6 Å². The zero-order valence-electron chi connectivity index (χ0n) is 11.7. The van der Waals surface area contributed by atoms with Gasteiger partial charge in [0.15, 0.2) is 11.5 Å². The van der Waals surface area contributed by atoms with Crippen LogP contribution in [-0.4, -0.2) is 28.2 Å². The number of hydrazone groups is 1. The van der Waals surface area contributed by atoms with Crippen LogP contribution in [0.4, 0.5) is 11.8 Å². The van der Waals surface area contributed by atoms with Crippen LogP contribution < -0.4 is 11.2 Å². The number of nitrogens with two attached hydrogens (primary N) is 1. The third-order valence-corrected chi connectivity index (χ3v) is 2.31. The lowest BCUT2D eigenvalue weighted by atomic mass is 10.5. The normalized spacial score (nSPS) is 12.1. The van der Waals surface area contributed by atoms with Gasteiger partial charge in [0.2, 0.25) is 5.96 Å². The van der Waals surface area contributed by atoms with Crippen molar-refractivity contribution in [1.82, 2.24) is 5.43 Å². The summed E-state index contributed by atoms with van der Waals surface area (Å²) in [5.41, 5.74) is 7.74. The third kappa shape index (κ3) is 4.48. The Bertz CT molecular complexity index is 834. The molecular formula is C11H9N7O6. The maximum Gasteiger partial charge on any atom is 0.433 e. The highest BCUT2D eigenvalue weighted by Crippen LogP contribution is 2.14. The van der Waals surface area contributed by atoms with Crippen LogP contribution >= 0.6 is 0 Å². The average Bonchev–Trinajstić information content (AvgIpc) is 3.16. The van der Waals surface area contributed by atoms with Crippen LogP contribution in [0.2, 0.25) is 0 Å². The molecule has 2 rings (SSSR count). The molecule has 124 valence electrons. The van der Waals surface area contributed by atoms with Gasteiger partial charge in [-0.2, -0.15) is 10.2 Å². The Morgan fingerprint density at radius 1 is 1.04 bits per heavy atom. The molecule has 0 amide bonds. The highest BCUT2D eigenvalue weighted by molar-refractivity contribution is 5.82. The first-order valence-electron chi connectivity index (χ1n) is 6.10. The van der Waals surface area contributed by atoms with Gasteiger partial charge in [-0.05, 0) is 12.1 Å². The van der Waals surface area contributed by atoms with E-state index in [1.807, 2.05) is 0 Å². The Morgan fingerprint density at radius 3 is 2.08 bits per heavy atom. The SMILES string of the molecule is N/C(=N\N=Cc1ccc([N+](=O)[O-])o1)NN=Cc1ccc([N+](=O)[O-])o1. The molecule has 13 nitrogen and oxygen atoms in total. The summed E-state index contributed by atoms with van der Waals surface area (Å²) in [6.45, 7) is 0. The molecule has 13 heteroatoms. The fourth-order valence-electron chi connectivity index (χ4n) is 1.35. The molecule has 2 aromatic rings. The van der Waals surface area contributed by atoms with Crippen LogP contribution in [0, 0.1) is 20.2 Å². The molecule has 0 aliphatic heterocycles. The fourth-order valence-corrected chi connectivity index (χ4v) is 1.35. The molecule has 3 N–H and O–H groups in total. The lowest BCUT2D eigenvalue weighted by Crippen LogP contribution is -2.26. The molecule has 0 saturated heterocycles. The minimum atomic E-state index is -0.690. The van der Waals surface area contributed by atoms with Crippen molar-refractivity contribution in [2.75, 3.05) is 0 Å². The standard InChI is InChI=1S/C11H9N7O6/c12-11(15-13-5-7-1-3-9(23-7)17(19)20)16-14-6-8-2-4-10(24-8)18(21)22/h1-6H,(H3,12,15,16). The summed E-state index contributed by atoms with van der Waals surface area (Å²) in [6, 6.07) is 5.02. The number of nitro groups is 2. The molecule has 24 heavy (non-hydrogen) atoms. The van der Waals surface area contributed by atoms with Crippen molar-refractivity contribution in [2.24, 2.45) is 21.0 Å². The molecule has 0 radical (unpaired) electrons. The van der Waals surface area contributed by atoms with Crippen molar-refractivity contribution in [3.05, 3.63) is 56.0 Å². The van der Waals surface area contributed by atoms with E-state index in [0.717, 1.165) is 12.4 Å². The number of guanidine groups is 1. The van der Waals surface area contributed by atoms with Crippen LogP contribution in [0.5, 0.6) is 0 Å². The third-order valence-electron chi connectivity index (χ3n) is 2.31. The van der Waals surface area contributed by atoms with Gasteiger partial charge in [-0.15, -0.1) is 5.10 Å². The predicted molar refractivity (Wildman–Crippen MR) is 80.7 cm³/mol. The van der Waals surface area contributed by atoms with E-state index in [1.54, 1.807) is 0 Å². The summed E-state index contributed by atoms with van der Waals surface area (Å²) in [5, 5.41) is 31.5. The maximum atomic E-state index is 10.4. The van der Waals surface area contributed by atoms with Crippen LogP contribution in [0.3, 0.4) is 0 Å². The van der Waals surface area contributed by atoms with Gasteiger partial charge in [-0.25, -0.2) is 5.43 Å². The number of nitrogens with zero attached hydrogens (tertiary/aromatic N) is 5. The Hall–Kier alpha value is -4.03. The Labute approximate surface area is 132 Å². The molecule has 2 aromatic heterocycles. The van der Waals surface area contributed by atoms with E-state index in [1.165, 1.54) is 24.3 Å². The highest BCUT2D eigenvalue weighted by Gasteiger charge is 2.10. The smallest absolute Gasteiger partial charge is 0.400 e. The van der Waals surface area contributed by atoms with Gasteiger partial charge >= 0.3 is 11.8 Å². The quantitative estimate of drug-likeness (QED) is 0.337. The van der Waals surface area contributed by atoms with Crippen molar-refractivity contribution < 1.29 is 18.7 Å². The summed E-state index contributed by atoms with van der Waals surface area (Å²) >= 11 is 0. The molecule has 0 aliphatic rings. The van der Waals surface area contributed by atoms with Crippen molar-refractivity contribution in [3.8, 4) is 0 Å². The predicted octanol–water partition coefficient (Wildman–Crippen LogP) is 0.961. The highest BCUT2D eigenvalue weighted by atomic mass is 16.7. The lowest BCUT2D eigenvalue weighted by Gasteiger charge is -1.94. The molecule has 0 spiro atoms. The molecule has 0 fully saturated rings. The van der Waals surface area contributed by atoms with Crippen molar-refractivity contribution in [2.45, 2.75) is 0 Å². The van der Waals surface area contributed by atoms with E-state index in [9.17, 15) is 20.2 Å². The van der Waals surface area contributed by atoms with Gasteiger partial charge in [-0.1, -0.05) is 0 Å². The lowest BCUT2D eigenvalue weighted by molar-refractivity contribution is -0.402. The minimum absolute atomic E-state index is 0.115. The first-order chi connectivity index (χ1) is 11.5. The second kappa shape index (κ2) is 7.30. The molecule has 0 saturated carbocycles. The first kappa shape index (κ1) is 16.3. The second-order valence-electron chi connectivity index (χ2n) is 3.97. The van der Waals surface area contributed by atoms with Gasteiger partial charge < -0.3 is 14.6 Å². The molecule has 0 aromatic carbocycles. The Morgan fingerprint density at radius 2 is 1.58 bits per heavy atom. The summed E-state index contributed by atoms with van der Waals surface area (Å²) in [6.07, 6.45) is 2.26. The van der Waals surface area contributed by atoms with Gasteiger partial charge in [0.05, 0.1) is 24.6 Å². The first-order valence-corrected chi connectivity index (χ1v) is 6.10. The molecule has 2 heterocycles. The summed E-state index contributed by atoms with van der Waals surface area (Å²) in [4.78, 5) is 19.5. The summed E-state index contributed by atoms with van der Waals surface area (Å²) in [7, 11) is 0. The van der Waals surface area contributed by atoms with Crippen molar-refractivity contribution in [1.29, 1.82) is 0 Å². The molecule has 0 aliphatic carbocycles. The number of hydrogen-bond acceptors (Lipinski definition) is 9. The van der Waals surface area contributed by atoms with E-state index >= 15 is 0 Å². The monoisotopic (exact) mass is 335 g/mol. The molecule has 0 bridgehead atoms. The van der Waals surface area contributed by atoms with E-state index in [0.29, 0.717) is 0 Å². The average molecular weight is 335 g/mol. The van der Waals surface area contributed by atoms with Crippen molar-refractivity contribution >= 4 is 30.2 Å². The van der Waals surface area contributed by atoms with Gasteiger partial charge in [-0.3, -0.25) is 20.2 Å². The zero-order valence-corrected chi connectivity index (χ0v) is 11.7.